The molecule has 0 radical (unpaired) electrons. The zero-order valence-electron chi connectivity index (χ0n) is 37.8. The molecule has 0 saturated heterocycles. The lowest BCUT2D eigenvalue weighted by atomic mass is 9.82. The lowest BCUT2D eigenvalue weighted by molar-refractivity contribution is 0.661. The van der Waals surface area contributed by atoms with Gasteiger partial charge in [0.25, 0.3) is 0 Å². The maximum Gasteiger partial charge on any atom is 0.0703 e. The van der Waals surface area contributed by atoms with E-state index in [2.05, 4.69) is 275 Å². The van der Waals surface area contributed by atoms with Gasteiger partial charge in [0.1, 0.15) is 0 Å². The third kappa shape index (κ3) is 5.50. The molecule has 5 heteroatoms. The minimum Gasteiger partial charge on any atom is -0.309 e. The number of nitrogens with zero attached hydrogens (tertiary/aromatic N) is 5. The molecular formula is C63H45N5. The van der Waals surface area contributed by atoms with Gasteiger partial charge in [-0.1, -0.05) is 129 Å². The molecule has 0 unspecified atom stereocenters. The van der Waals surface area contributed by atoms with Gasteiger partial charge in [-0.05, 0) is 144 Å². The number of rotatable bonds is 5. The lowest BCUT2D eigenvalue weighted by Crippen LogP contribution is -2.24. The summed E-state index contributed by atoms with van der Waals surface area (Å²) in [7, 11) is 0. The van der Waals surface area contributed by atoms with Crippen LogP contribution in [-0.4, -0.2) is 4.57 Å². The van der Waals surface area contributed by atoms with Crippen molar-refractivity contribution in [1.29, 1.82) is 0 Å². The van der Waals surface area contributed by atoms with E-state index in [0.717, 1.165) is 73.9 Å². The van der Waals surface area contributed by atoms with Crippen LogP contribution in [0.2, 0.25) is 0 Å². The number of benzene rings is 10. The van der Waals surface area contributed by atoms with Crippen LogP contribution < -0.4 is 19.6 Å². The van der Waals surface area contributed by atoms with Gasteiger partial charge in [0.2, 0.25) is 0 Å². The first-order valence-electron chi connectivity index (χ1n) is 23.5. The van der Waals surface area contributed by atoms with Gasteiger partial charge < -0.3 is 24.2 Å². The molecule has 1 aliphatic carbocycles. The number of aromatic nitrogens is 1. The Balaban J connectivity index is 0.932. The quantitative estimate of drug-likeness (QED) is 0.171. The van der Waals surface area contributed by atoms with Gasteiger partial charge in [-0.3, -0.25) is 0 Å². The van der Waals surface area contributed by atoms with E-state index in [1.807, 2.05) is 0 Å². The first-order valence-corrected chi connectivity index (χ1v) is 23.5. The van der Waals surface area contributed by atoms with Crippen LogP contribution in [-0.2, 0) is 5.41 Å². The lowest BCUT2D eigenvalue weighted by Gasteiger charge is -2.40. The summed E-state index contributed by atoms with van der Waals surface area (Å²) in [4.78, 5) is 9.66. The Labute approximate surface area is 396 Å². The molecule has 5 nitrogen and oxygen atoms in total. The Kier molecular flexibility index (Phi) is 8.26. The first-order chi connectivity index (χ1) is 33.5. The SMILES string of the molecule is CC1(C)c2cc(N3c4ccccc4N(c4ccccc4)c4ccccc43)ccc2-c2cc3c(cc21)c1ccc(N2c4ccccc4N(c4ccccc4)c4ccccc42)cc1n3-c1ccccc1. The standard InChI is InChI=1S/C63H45N5/c1-63(2)51-38-45(67-57-30-16-12-26-53(57)64(42-20-6-3-7-21-42)54-27-13-17-31-58(54)67)34-36-47(51)49-41-62-50(40-52(49)63)48-37-35-46(39-61(48)66(62)44-24-10-5-11-25-44)68-59-32-18-14-28-55(59)65(43-22-8-4-9-23-43)56-29-15-19-33-60(56)68/h3-41H,1-2H3. The van der Waals surface area contributed by atoms with Gasteiger partial charge in [0.05, 0.1) is 56.5 Å². The molecule has 14 rings (SSSR count). The van der Waals surface area contributed by atoms with Crippen LogP contribution in [0.1, 0.15) is 25.0 Å². The van der Waals surface area contributed by atoms with E-state index < -0.39 is 0 Å². The average Bonchev–Trinajstić information content (AvgIpc) is 3.83. The van der Waals surface area contributed by atoms with Gasteiger partial charge in [0.15, 0.2) is 0 Å². The van der Waals surface area contributed by atoms with Crippen LogP contribution in [0.25, 0.3) is 38.6 Å². The van der Waals surface area contributed by atoms with Gasteiger partial charge in [-0.2, -0.15) is 0 Å². The van der Waals surface area contributed by atoms with Crippen LogP contribution in [0.5, 0.6) is 0 Å². The molecule has 3 heterocycles. The molecule has 0 atom stereocenters. The van der Waals surface area contributed by atoms with Gasteiger partial charge in [-0.15, -0.1) is 0 Å². The molecule has 0 saturated carbocycles. The smallest absolute Gasteiger partial charge is 0.0703 e. The molecule has 0 amide bonds. The van der Waals surface area contributed by atoms with Gasteiger partial charge in [-0.25, -0.2) is 0 Å². The number of hydrogen-bond donors (Lipinski definition) is 0. The normalized spacial score (nSPS) is 14.0. The minimum absolute atomic E-state index is 0.257. The minimum atomic E-state index is -0.257. The zero-order chi connectivity index (χ0) is 45.1. The van der Waals surface area contributed by atoms with Crippen molar-refractivity contribution >= 4 is 90.1 Å². The summed E-state index contributed by atoms with van der Waals surface area (Å²) in [5, 5.41) is 2.49. The molecule has 0 fully saturated rings. The molecule has 0 N–H and O–H groups in total. The largest absolute Gasteiger partial charge is 0.309 e. The number of para-hydroxylation sites is 11. The summed E-state index contributed by atoms with van der Waals surface area (Å²) in [5.74, 6) is 0. The molecule has 10 aromatic carbocycles. The van der Waals surface area contributed by atoms with E-state index >= 15 is 0 Å². The molecular weight excluding hydrogens is 827 g/mol. The van der Waals surface area contributed by atoms with E-state index in [-0.39, 0.29) is 5.41 Å². The number of fused-ring (bicyclic) bond motifs is 10. The predicted molar refractivity (Wildman–Crippen MR) is 284 cm³/mol. The van der Waals surface area contributed by atoms with Gasteiger partial charge in [0, 0.05) is 44.6 Å². The molecule has 11 aromatic rings. The highest BCUT2D eigenvalue weighted by Gasteiger charge is 2.39. The Morgan fingerprint density at radius 2 is 0.618 bits per heavy atom. The summed E-state index contributed by atoms with van der Waals surface area (Å²) >= 11 is 0. The van der Waals surface area contributed by atoms with E-state index in [1.165, 1.54) is 44.1 Å². The van der Waals surface area contributed by atoms with Crippen LogP contribution in [0, 0.1) is 0 Å². The van der Waals surface area contributed by atoms with Crippen molar-refractivity contribution in [3.63, 3.8) is 0 Å². The van der Waals surface area contributed by atoms with Crippen molar-refractivity contribution in [2.45, 2.75) is 19.3 Å². The second-order valence-electron chi connectivity index (χ2n) is 18.6. The average molecular weight is 872 g/mol. The Morgan fingerprint density at radius 3 is 1.07 bits per heavy atom. The molecule has 1 aromatic heterocycles. The number of hydrogen-bond acceptors (Lipinski definition) is 4. The Hall–Kier alpha value is -8.80. The maximum absolute atomic E-state index is 2.50. The third-order valence-electron chi connectivity index (χ3n) is 14.5. The van der Waals surface area contributed by atoms with E-state index in [4.69, 9.17) is 0 Å². The van der Waals surface area contributed by atoms with Gasteiger partial charge >= 0.3 is 0 Å². The fraction of sp³-hybridized carbons (Fsp3) is 0.0476. The Morgan fingerprint density at radius 1 is 0.265 bits per heavy atom. The predicted octanol–water partition coefficient (Wildman–Crippen LogP) is 17.6. The van der Waals surface area contributed by atoms with E-state index in [0.29, 0.717) is 0 Å². The van der Waals surface area contributed by atoms with Crippen LogP contribution >= 0.6 is 0 Å². The summed E-state index contributed by atoms with van der Waals surface area (Å²) < 4.78 is 2.48. The zero-order valence-corrected chi connectivity index (χ0v) is 37.8. The van der Waals surface area contributed by atoms with E-state index in [9.17, 15) is 0 Å². The number of anilines is 12. The van der Waals surface area contributed by atoms with Crippen LogP contribution in [0.15, 0.2) is 237 Å². The molecule has 2 aliphatic heterocycles. The highest BCUT2D eigenvalue weighted by molar-refractivity contribution is 6.13. The summed E-state index contributed by atoms with van der Waals surface area (Å²) in [6, 6.07) is 86.6. The monoisotopic (exact) mass is 871 g/mol. The second kappa shape index (κ2) is 14.6. The van der Waals surface area contributed by atoms with Crippen molar-refractivity contribution < 1.29 is 0 Å². The van der Waals surface area contributed by atoms with Crippen LogP contribution in [0.3, 0.4) is 0 Å². The van der Waals surface area contributed by atoms with Crippen molar-refractivity contribution in [2.24, 2.45) is 0 Å². The summed E-state index contributed by atoms with van der Waals surface area (Å²) in [6.45, 7) is 4.81. The van der Waals surface area contributed by atoms with Crippen molar-refractivity contribution in [1.82, 2.24) is 4.57 Å². The molecule has 0 spiro atoms. The topological polar surface area (TPSA) is 17.9 Å². The first kappa shape index (κ1) is 38.5. The second-order valence-corrected chi connectivity index (χ2v) is 18.6. The third-order valence-corrected chi connectivity index (χ3v) is 14.5. The molecule has 0 bridgehead atoms. The summed E-state index contributed by atoms with van der Waals surface area (Å²) in [5.41, 5.74) is 22.2. The van der Waals surface area contributed by atoms with Crippen molar-refractivity contribution in [2.75, 3.05) is 19.6 Å². The highest BCUT2D eigenvalue weighted by Crippen LogP contribution is 2.58. The molecule has 322 valence electrons. The molecule has 3 aliphatic rings. The fourth-order valence-corrected chi connectivity index (χ4v) is 11.5. The fourth-order valence-electron chi connectivity index (χ4n) is 11.5. The molecule has 68 heavy (non-hydrogen) atoms. The van der Waals surface area contributed by atoms with Crippen LogP contribution in [0.4, 0.5) is 68.2 Å². The van der Waals surface area contributed by atoms with Crippen molar-refractivity contribution in [3.8, 4) is 16.8 Å². The Bertz CT molecular complexity index is 3700. The summed E-state index contributed by atoms with van der Waals surface area (Å²) in [6.07, 6.45) is 0. The van der Waals surface area contributed by atoms with Crippen molar-refractivity contribution in [3.05, 3.63) is 248 Å². The maximum atomic E-state index is 2.50. The van der Waals surface area contributed by atoms with E-state index in [1.54, 1.807) is 0 Å². The highest BCUT2D eigenvalue weighted by atomic mass is 15.3.